The Kier molecular flexibility index (Phi) is 6.56. The van der Waals surface area contributed by atoms with E-state index >= 15 is 0 Å². The molecule has 1 N–H and O–H groups in total. The Bertz CT molecular complexity index is 950. The molecule has 0 radical (unpaired) electrons. The number of hydrogen-bond acceptors (Lipinski definition) is 4. The largest absolute Gasteiger partial charge is 0.369 e. The molecule has 31 heavy (non-hydrogen) atoms. The number of piperazine rings is 1. The number of fused-ring (bicyclic) bond motifs is 1. The molecular formula is C25H32N4O2. The number of carbonyl (C=O) groups is 2. The topological polar surface area (TPSA) is 55.9 Å². The van der Waals surface area contributed by atoms with Crippen LogP contribution in [-0.2, 0) is 11.2 Å². The van der Waals surface area contributed by atoms with Crippen molar-refractivity contribution in [3.63, 3.8) is 0 Å². The van der Waals surface area contributed by atoms with Gasteiger partial charge in [-0.1, -0.05) is 12.1 Å². The normalized spacial score (nSPS) is 16.3. The van der Waals surface area contributed by atoms with Gasteiger partial charge in [-0.15, -0.1) is 0 Å². The van der Waals surface area contributed by atoms with Crippen LogP contribution in [0, 0.1) is 6.92 Å². The van der Waals surface area contributed by atoms with Gasteiger partial charge in [0.15, 0.2) is 0 Å². The van der Waals surface area contributed by atoms with E-state index in [-0.39, 0.29) is 11.8 Å². The molecule has 164 valence electrons. The number of anilines is 2. The van der Waals surface area contributed by atoms with Crippen LogP contribution in [0.4, 0.5) is 11.4 Å². The second-order valence-corrected chi connectivity index (χ2v) is 8.54. The molecule has 1 fully saturated rings. The Balaban J connectivity index is 1.19. The highest BCUT2D eigenvalue weighted by Gasteiger charge is 2.23. The summed E-state index contributed by atoms with van der Waals surface area (Å²) >= 11 is 0. The van der Waals surface area contributed by atoms with E-state index in [1.54, 1.807) is 11.8 Å². The number of benzene rings is 2. The molecule has 6 heteroatoms. The second kappa shape index (κ2) is 9.52. The highest BCUT2D eigenvalue weighted by atomic mass is 16.2. The van der Waals surface area contributed by atoms with Gasteiger partial charge in [0.25, 0.3) is 5.91 Å². The lowest BCUT2D eigenvalue weighted by Gasteiger charge is -2.36. The van der Waals surface area contributed by atoms with Crippen molar-refractivity contribution < 1.29 is 9.59 Å². The molecule has 2 heterocycles. The first-order valence-electron chi connectivity index (χ1n) is 11.2. The molecular weight excluding hydrogens is 388 g/mol. The molecule has 2 aromatic carbocycles. The SMILES string of the molecule is CC(=O)N1CCc2cc(C(=O)NCCCN3CCN(c4cccc(C)c4)CC3)ccc21. The van der Waals surface area contributed by atoms with Gasteiger partial charge in [-0.05, 0) is 67.8 Å². The summed E-state index contributed by atoms with van der Waals surface area (Å²) in [5.74, 6) is 0.0176. The molecule has 0 saturated carbocycles. The molecule has 0 bridgehead atoms. The summed E-state index contributed by atoms with van der Waals surface area (Å²) in [7, 11) is 0. The van der Waals surface area contributed by atoms with Crippen LogP contribution in [0.3, 0.4) is 0 Å². The van der Waals surface area contributed by atoms with E-state index < -0.39 is 0 Å². The number of hydrogen-bond donors (Lipinski definition) is 1. The zero-order valence-electron chi connectivity index (χ0n) is 18.6. The number of nitrogens with zero attached hydrogens (tertiary/aromatic N) is 3. The molecule has 0 aliphatic carbocycles. The van der Waals surface area contributed by atoms with Crippen molar-refractivity contribution in [1.82, 2.24) is 10.2 Å². The first-order chi connectivity index (χ1) is 15.0. The fourth-order valence-corrected chi connectivity index (χ4v) is 4.53. The average Bonchev–Trinajstić information content (AvgIpc) is 3.20. The highest BCUT2D eigenvalue weighted by Crippen LogP contribution is 2.28. The molecule has 2 aromatic rings. The first-order valence-corrected chi connectivity index (χ1v) is 11.2. The lowest BCUT2D eigenvalue weighted by Crippen LogP contribution is -2.47. The van der Waals surface area contributed by atoms with Gasteiger partial charge in [0.05, 0.1) is 0 Å². The van der Waals surface area contributed by atoms with Crippen LogP contribution in [0.2, 0.25) is 0 Å². The van der Waals surface area contributed by atoms with E-state index in [0.717, 1.165) is 56.8 Å². The molecule has 2 aliphatic heterocycles. The summed E-state index contributed by atoms with van der Waals surface area (Å²) in [6, 6.07) is 14.3. The summed E-state index contributed by atoms with van der Waals surface area (Å²) in [5, 5.41) is 3.05. The fourth-order valence-electron chi connectivity index (χ4n) is 4.53. The van der Waals surface area contributed by atoms with E-state index in [4.69, 9.17) is 0 Å². The van der Waals surface area contributed by atoms with Gasteiger partial charge in [0.2, 0.25) is 5.91 Å². The Labute approximate surface area is 184 Å². The number of rotatable bonds is 6. The molecule has 0 aromatic heterocycles. The monoisotopic (exact) mass is 420 g/mol. The van der Waals surface area contributed by atoms with E-state index in [2.05, 4.69) is 46.3 Å². The minimum absolute atomic E-state index is 0.0339. The third-order valence-electron chi connectivity index (χ3n) is 6.29. The predicted octanol–water partition coefficient (Wildman–Crippen LogP) is 2.85. The minimum atomic E-state index is -0.0339. The van der Waals surface area contributed by atoms with Crippen molar-refractivity contribution in [3.8, 4) is 0 Å². The molecule has 6 nitrogen and oxygen atoms in total. The van der Waals surface area contributed by atoms with Gasteiger partial charge >= 0.3 is 0 Å². The summed E-state index contributed by atoms with van der Waals surface area (Å²) in [4.78, 5) is 30.9. The molecule has 2 amide bonds. The van der Waals surface area contributed by atoms with E-state index in [9.17, 15) is 9.59 Å². The maximum absolute atomic E-state index is 12.5. The smallest absolute Gasteiger partial charge is 0.251 e. The van der Waals surface area contributed by atoms with Crippen molar-refractivity contribution >= 4 is 23.2 Å². The van der Waals surface area contributed by atoms with Crippen LogP contribution in [0.5, 0.6) is 0 Å². The van der Waals surface area contributed by atoms with Crippen LogP contribution in [0.15, 0.2) is 42.5 Å². The first kappa shape index (κ1) is 21.4. The zero-order valence-corrected chi connectivity index (χ0v) is 18.6. The predicted molar refractivity (Wildman–Crippen MR) is 125 cm³/mol. The fraction of sp³-hybridized carbons (Fsp3) is 0.440. The van der Waals surface area contributed by atoms with Crippen molar-refractivity contribution in [2.24, 2.45) is 0 Å². The Morgan fingerprint density at radius 3 is 2.55 bits per heavy atom. The summed E-state index contributed by atoms with van der Waals surface area (Å²) in [6.45, 7) is 10.3. The minimum Gasteiger partial charge on any atom is -0.369 e. The lowest BCUT2D eigenvalue weighted by atomic mass is 10.1. The molecule has 4 rings (SSSR count). The molecule has 0 unspecified atom stereocenters. The quantitative estimate of drug-likeness (QED) is 0.731. The maximum Gasteiger partial charge on any atom is 0.251 e. The van der Waals surface area contributed by atoms with E-state index in [0.29, 0.717) is 18.7 Å². The van der Waals surface area contributed by atoms with Crippen molar-refractivity contribution in [3.05, 3.63) is 59.2 Å². The van der Waals surface area contributed by atoms with Crippen LogP contribution >= 0.6 is 0 Å². The average molecular weight is 421 g/mol. The summed E-state index contributed by atoms with van der Waals surface area (Å²) in [5.41, 5.74) is 5.31. The number of aryl methyl sites for hydroxylation is 1. The van der Waals surface area contributed by atoms with Gasteiger partial charge in [0, 0.05) is 63.1 Å². The van der Waals surface area contributed by atoms with E-state index in [1.807, 2.05) is 18.2 Å². The number of carbonyl (C=O) groups excluding carboxylic acids is 2. The van der Waals surface area contributed by atoms with Crippen LogP contribution in [0.25, 0.3) is 0 Å². The summed E-state index contributed by atoms with van der Waals surface area (Å²) in [6.07, 6.45) is 1.75. The van der Waals surface area contributed by atoms with Crippen LogP contribution < -0.4 is 15.1 Å². The van der Waals surface area contributed by atoms with Crippen LogP contribution in [0.1, 0.15) is 34.8 Å². The van der Waals surface area contributed by atoms with Gasteiger partial charge in [-0.2, -0.15) is 0 Å². The second-order valence-electron chi connectivity index (χ2n) is 8.54. The van der Waals surface area contributed by atoms with Crippen LogP contribution in [-0.4, -0.2) is 62.5 Å². The summed E-state index contributed by atoms with van der Waals surface area (Å²) < 4.78 is 0. The van der Waals surface area contributed by atoms with Gasteiger partial charge in [-0.25, -0.2) is 0 Å². The molecule has 2 aliphatic rings. The Hall–Kier alpha value is -2.86. The van der Waals surface area contributed by atoms with Crippen molar-refractivity contribution in [2.45, 2.75) is 26.7 Å². The molecule has 0 spiro atoms. The number of amides is 2. The van der Waals surface area contributed by atoms with E-state index in [1.165, 1.54) is 11.3 Å². The maximum atomic E-state index is 12.5. The lowest BCUT2D eigenvalue weighted by molar-refractivity contribution is -0.116. The third-order valence-corrected chi connectivity index (χ3v) is 6.29. The van der Waals surface area contributed by atoms with Gasteiger partial charge in [-0.3, -0.25) is 14.5 Å². The highest BCUT2D eigenvalue weighted by molar-refractivity contribution is 5.97. The standard InChI is InChI=1S/C25H32N4O2/c1-19-5-3-6-23(17-19)28-15-13-27(14-16-28)11-4-10-26-25(31)22-7-8-24-21(18-22)9-12-29(24)20(2)30/h3,5-8,17-18H,4,9-16H2,1-2H3,(H,26,31). The van der Waals surface area contributed by atoms with Crippen molar-refractivity contribution in [2.75, 3.05) is 55.6 Å². The van der Waals surface area contributed by atoms with Gasteiger partial charge in [0.1, 0.15) is 0 Å². The molecule has 1 saturated heterocycles. The number of nitrogens with one attached hydrogen (secondary N) is 1. The third kappa shape index (κ3) is 5.07. The zero-order chi connectivity index (χ0) is 21.8. The van der Waals surface area contributed by atoms with Crippen molar-refractivity contribution in [1.29, 1.82) is 0 Å². The Morgan fingerprint density at radius 1 is 1.00 bits per heavy atom. The molecule has 0 atom stereocenters. The van der Waals surface area contributed by atoms with Gasteiger partial charge < -0.3 is 15.1 Å². The Morgan fingerprint density at radius 2 is 1.81 bits per heavy atom.